The van der Waals surface area contributed by atoms with Gasteiger partial charge in [0.25, 0.3) is 5.56 Å². The van der Waals surface area contributed by atoms with Crippen LogP contribution in [-0.2, 0) is 7.05 Å². The van der Waals surface area contributed by atoms with E-state index in [1.165, 1.54) is 4.68 Å². The fourth-order valence-corrected chi connectivity index (χ4v) is 1.38. The van der Waals surface area contributed by atoms with Crippen LogP contribution in [-0.4, -0.2) is 9.78 Å². The molecule has 2 aromatic rings. The number of nitrogens with two attached hydrogens (primary N) is 1. The number of hydrogen-bond acceptors (Lipinski definition) is 3. The molecule has 1 aromatic carbocycles. The van der Waals surface area contributed by atoms with Gasteiger partial charge in [0.15, 0.2) is 0 Å². The Morgan fingerprint density at radius 2 is 1.93 bits per heavy atom. The number of benzene rings is 1. The zero-order valence-electron chi connectivity index (χ0n) is 8.34. The monoisotopic (exact) mass is 201 g/mol. The average molecular weight is 201 g/mol. The zero-order chi connectivity index (χ0) is 10.8. The Bertz CT molecular complexity index is 505. The largest absolute Gasteiger partial charge is 0.394 e. The van der Waals surface area contributed by atoms with Crippen LogP contribution in [0.2, 0.25) is 0 Å². The van der Waals surface area contributed by atoms with Gasteiger partial charge in [-0.25, -0.2) is 4.68 Å². The first kappa shape index (κ1) is 9.45. The Kier molecular flexibility index (Phi) is 2.25. The van der Waals surface area contributed by atoms with Gasteiger partial charge in [0, 0.05) is 12.6 Å². The maximum absolute atomic E-state index is 11.3. The van der Waals surface area contributed by atoms with E-state index in [4.69, 9.17) is 5.73 Å². The molecule has 0 fully saturated rings. The topological polar surface area (TPSA) is 60.9 Å². The predicted octanol–water partition coefficient (Wildman–Crippen LogP) is 1.03. The molecular weight excluding hydrogens is 190 g/mol. The van der Waals surface area contributed by atoms with E-state index >= 15 is 0 Å². The second-order valence-corrected chi connectivity index (χ2v) is 3.28. The van der Waals surface area contributed by atoms with E-state index < -0.39 is 0 Å². The van der Waals surface area contributed by atoms with Crippen molar-refractivity contribution >= 4 is 5.69 Å². The van der Waals surface area contributed by atoms with Gasteiger partial charge in [-0.05, 0) is 6.07 Å². The van der Waals surface area contributed by atoms with Crippen molar-refractivity contribution in [2.24, 2.45) is 7.05 Å². The summed E-state index contributed by atoms with van der Waals surface area (Å²) >= 11 is 0. The van der Waals surface area contributed by atoms with Crippen LogP contribution in [0.3, 0.4) is 0 Å². The summed E-state index contributed by atoms with van der Waals surface area (Å²) in [4.78, 5) is 11.3. The van der Waals surface area contributed by atoms with Crippen molar-refractivity contribution < 1.29 is 0 Å². The number of nitrogen functional groups attached to an aromatic ring is 1. The van der Waals surface area contributed by atoms with Crippen molar-refractivity contribution in [2.45, 2.75) is 0 Å². The summed E-state index contributed by atoms with van der Waals surface area (Å²) in [7, 11) is 1.59. The van der Waals surface area contributed by atoms with E-state index in [0.717, 1.165) is 5.56 Å². The summed E-state index contributed by atoms with van der Waals surface area (Å²) in [6.07, 6.45) is 0. The van der Waals surface area contributed by atoms with E-state index in [-0.39, 0.29) is 11.2 Å². The maximum Gasteiger partial charge on any atom is 0.289 e. The molecule has 15 heavy (non-hydrogen) atoms. The van der Waals surface area contributed by atoms with Crippen LogP contribution in [0.1, 0.15) is 0 Å². The molecule has 0 atom stereocenters. The molecule has 0 spiro atoms. The van der Waals surface area contributed by atoms with Crippen LogP contribution in [0, 0.1) is 0 Å². The molecular formula is C11H11N3O. The summed E-state index contributed by atoms with van der Waals surface area (Å²) in [5.74, 6) is 0. The van der Waals surface area contributed by atoms with Gasteiger partial charge in [0.05, 0.1) is 5.69 Å². The van der Waals surface area contributed by atoms with Crippen molar-refractivity contribution in [2.75, 3.05) is 5.73 Å². The summed E-state index contributed by atoms with van der Waals surface area (Å²) in [6, 6.07) is 11.2. The second kappa shape index (κ2) is 3.57. The number of aromatic nitrogens is 2. The first-order chi connectivity index (χ1) is 7.18. The lowest BCUT2D eigenvalue weighted by atomic mass is 10.1. The first-order valence-corrected chi connectivity index (χ1v) is 4.58. The highest BCUT2D eigenvalue weighted by molar-refractivity contribution is 5.61. The quantitative estimate of drug-likeness (QED) is 0.749. The number of nitrogens with zero attached hydrogens (tertiary/aromatic N) is 2. The average Bonchev–Trinajstić information content (AvgIpc) is 2.26. The molecule has 0 unspecified atom stereocenters. The minimum atomic E-state index is -0.269. The van der Waals surface area contributed by atoms with E-state index in [1.807, 2.05) is 30.3 Å². The van der Waals surface area contributed by atoms with Crippen molar-refractivity contribution in [3.63, 3.8) is 0 Å². The molecule has 0 saturated heterocycles. The molecule has 76 valence electrons. The van der Waals surface area contributed by atoms with Gasteiger partial charge in [-0.2, -0.15) is 5.10 Å². The van der Waals surface area contributed by atoms with Crippen molar-refractivity contribution in [3.8, 4) is 11.3 Å². The minimum Gasteiger partial charge on any atom is -0.394 e. The standard InChI is InChI=1S/C11H11N3O/c1-14-11(15)9(12)7-10(13-14)8-5-3-2-4-6-8/h2-7H,12H2,1H3. The van der Waals surface area contributed by atoms with E-state index in [2.05, 4.69) is 5.10 Å². The summed E-state index contributed by atoms with van der Waals surface area (Å²) in [5, 5.41) is 4.13. The molecule has 0 aliphatic rings. The third-order valence-corrected chi connectivity index (χ3v) is 2.16. The summed E-state index contributed by atoms with van der Waals surface area (Å²) in [6.45, 7) is 0. The van der Waals surface area contributed by atoms with Gasteiger partial charge in [0.2, 0.25) is 0 Å². The fourth-order valence-electron chi connectivity index (χ4n) is 1.38. The maximum atomic E-state index is 11.3. The van der Waals surface area contributed by atoms with Crippen LogP contribution in [0.15, 0.2) is 41.2 Å². The molecule has 0 saturated carbocycles. The highest BCUT2D eigenvalue weighted by atomic mass is 16.1. The third-order valence-electron chi connectivity index (χ3n) is 2.16. The van der Waals surface area contributed by atoms with Crippen LogP contribution < -0.4 is 11.3 Å². The lowest BCUT2D eigenvalue weighted by Crippen LogP contribution is -2.22. The van der Waals surface area contributed by atoms with Crippen LogP contribution in [0.5, 0.6) is 0 Å². The molecule has 2 N–H and O–H groups in total. The molecule has 0 radical (unpaired) electrons. The van der Waals surface area contributed by atoms with Gasteiger partial charge in [-0.1, -0.05) is 30.3 Å². The Morgan fingerprint density at radius 3 is 2.53 bits per heavy atom. The number of anilines is 1. The van der Waals surface area contributed by atoms with Crippen LogP contribution in [0.25, 0.3) is 11.3 Å². The predicted molar refractivity (Wildman–Crippen MR) is 59.3 cm³/mol. The number of aryl methyl sites for hydroxylation is 1. The first-order valence-electron chi connectivity index (χ1n) is 4.58. The molecule has 0 bridgehead atoms. The minimum absolute atomic E-state index is 0.214. The van der Waals surface area contributed by atoms with Gasteiger partial charge in [-0.3, -0.25) is 4.79 Å². The van der Waals surface area contributed by atoms with Crippen LogP contribution in [0.4, 0.5) is 5.69 Å². The number of hydrogen-bond donors (Lipinski definition) is 1. The molecule has 0 aliphatic heterocycles. The third kappa shape index (κ3) is 1.74. The molecule has 2 rings (SSSR count). The Balaban J connectivity index is 2.61. The lowest BCUT2D eigenvalue weighted by Gasteiger charge is -2.04. The Morgan fingerprint density at radius 1 is 1.27 bits per heavy atom. The van der Waals surface area contributed by atoms with E-state index in [1.54, 1.807) is 13.1 Å². The van der Waals surface area contributed by atoms with Gasteiger partial charge in [-0.15, -0.1) is 0 Å². The van der Waals surface area contributed by atoms with Gasteiger partial charge in [0.1, 0.15) is 5.69 Å². The highest BCUT2D eigenvalue weighted by Gasteiger charge is 2.04. The van der Waals surface area contributed by atoms with Gasteiger partial charge >= 0.3 is 0 Å². The SMILES string of the molecule is Cn1nc(-c2ccccc2)cc(N)c1=O. The molecule has 4 heteroatoms. The van der Waals surface area contributed by atoms with Crippen LogP contribution >= 0.6 is 0 Å². The Labute approximate surface area is 87.0 Å². The number of rotatable bonds is 1. The van der Waals surface area contributed by atoms with Crippen molar-refractivity contribution in [1.82, 2.24) is 9.78 Å². The molecule has 1 aromatic heterocycles. The van der Waals surface area contributed by atoms with Gasteiger partial charge < -0.3 is 5.73 Å². The zero-order valence-corrected chi connectivity index (χ0v) is 8.34. The normalized spacial score (nSPS) is 10.2. The molecule has 0 aliphatic carbocycles. The second-order valence-electron chi connectivity index (χ2n) is 3.28. The summed E-state index contributed by atoms with van der Waals surface area (Å²) < 4.78 is 1.25. The highest BCUT2D eigenvalue weighted by Crippen LogP contribution is 2.15. The van der Waals surface area contributed by atoms with Crippen molar-refractivity contribution in [1.29, 1.82) is 0 Å². The lowest BCUT2D eigenvalue weighted by molar-refractivity contribution is 0.715. The summed E-state index contributed by atoms with van der Waals surface area (Å²) in [5.41, 5.74) is 7.18. The molecule has 1 heterocycles. The Hall–Kier alpha value is -2.10. The molecule has 4 nitrogen and oxygen atoms in total. The van der Waals surface area contributed by atoms with Crippen molar-refractivity contribution in [3.05, 3.63) is 46.8 Å². The van der Waals surface area contributed by atoms with E-state index in [0.29, 0.717) is 5.69 Å². The molecule has 0 amide bonds. The van der Waals surface area contributed by atoms with E-state index in [9.17, 15) is 4.79 Å². The smallest absolute Gasteiger partial charge is 0.289 e. The fraction of sp³-hybridized carbons (Fsp3) is 0.0909.